The Balaban J connectivity index is 2.82. The molecular formula is C13H18ClFN2O. The van der Waals surface area contributed by atoms with Crippen molar-refractivity contribution in [3.05, 3.63) is 24.0 Å². The van der Waals surface area contributed by atoms with Crippen LogP contribution >= 0.6 is 11.6 Å². The summed E-state index contributed by atoms with van der Waals surface area (Å²) in [4.78, 5) is 13.2. The summed E-state index contributed by atoms with van der Waals surface area (Å²) in [6.07, 6.45) is 0.219. The molecule has 1 aromatic rings. The number of nitrogens with zero attached hydrogens (tertiary/aromatic N) is 1. The first kappa shape index (κ1) is 14.8. The van der Waals surface area contributed by atoms with Crippen molar-refractivity contribution in [2.24, 2.45) is 0 Å². The molecule has 0 bridgehead atoms. The molecule has 0 aliphatic heterocycles. The van der Waals surface area contributed by atoms with Crippen LogP contribution in [0, 0.1) is 5.82 Å². The fourth-order valence-corrected chi connectivity index (χ4v) is 1.63. The molecule has 1 rings (SSSR count). The average Bonchev–Trinajstić information content (AvgIpc) is 2.28. The molecule has 3 nitrogen and oxygen atoms in total. The minimum Gasteiger partial charge on any atom is -0.370 e. The van der Waals surface area contributed by atoms with Gasteiger partial charge in [-0.15, -0.1) is 11.6 Å². The number of benzene rings is 1. The van der Waals surface area contributed by atoms with Gasteiger partial charge in [-0.25, -0.2) is 4.39 Å². The van der Waals surface area contributed by atoms with E-state index in [4.69, 9.17) is 11.6 Å². The molecule has 0 unspecified atom stereocenters. The van der Waals surface area contributed by atoms with Gasteiger partial charge in [0.25, 0.3) is 0 Å². The molecular weight excluding hydrogens is 255 g/mol. The summed E-state index contributed by atoms with van der Waals surface area (Å²) in [5.41, 5.74) is 0.962. The highest BCUT2D eigenvalue weighted by molar-refractivity contribution is 6.19. The summed E-state index contributed by atoms with van der Waals surface area (Å²) in [7, 11) is 1.83. The summed E-state index contributed by atoms with van der Waals surface area (Å²) >= 11 is 5.45. The summed E-state index contributed by atoms with van der Waals surface area (Å²) in [5.74, 6) is -0.313. The van der Waals surface area contributed by atoms with Gasteiger partial charge in [-0.3, -0.25) is 4.79 Å². The van der Waals surface area contributed by atoms with E-state index in [1.165, 1.54) is 6.07 Å². The Morgan fingerprint density at radius 2 is 2.17 bits per heavy atom. The van der Waals surface area contributed by atoms with Gasteiger partial charge < -0.3 is 10.2 Å². The van der Waals surface area contributed by atoms with Crippen molar-refractivity contribution in [3.8, 4) is 0 Å². The van der Waals surface area contributed by atoms with Crippen molar-refractivity contribution >= 4 is 28.9 Å². The number of carbonyl (C=O) groups excluding carboxylic acids is 1. The van der Waals surface area contributed by atoms with Crippen LogP contribution in [0.4, 0.5) is 15.8 Å². The van der Waals surface area contributed by atoms with E-state index in [2.05, 4.69) is 5.32 Å². The van der Waals surface area contributed by atoms with Gasteiger partial charge in [0.2, 0.25) is 5.91 Å². The highest BCUT2D eigenvalue weighted by Gasteiger charge is 2.11. The molecule has 0 aliphatic carbocycles. The average molecular weight is 273 g/mol. The van der Waals surface area contributed by atoms with E-state index in [-0.39, 0.29) is 30.1 Å². The van der Waals surface area contributed by atoms with Gasteiger partial charge in [-0.1, -0.05) is 0 Å². The van der Waals surface area contributed by atoms with Crippen LogP contribution < -0.4 is 10.2 Å². The molecule has 100 valence electrons. The molecule has 0 aromatic heterocycles. The van der Waals surface area contributed by atoms with Crippen molar-refractivity contribution in [1.82, 2.24) is 0 Å². The lowest BCUT2D eigenvalue weighted by Crippen LogP contribution is -2.26. The summed E-state index contributed by atoms with van der Waals surface area (Å²) in [6, 6.07) is 4.87. The van der Waals surface area contributed by atoms with Gasteiger partial charge in [-0.05, 0) is 32.0 Å². The van der Waals surface area contributed by atoms with Crippen molar-refractivity contribution in [2.75, 3.05) is 23.1 Å². The number of halogens is 2. The van der Waals surface area contributed by atoms with E-state index in [0.717, 1.165) is 0 Å². The Labute approximate surface area is 112 Å². The Morgan fingerprint density at radius 1 is 1.50 bits per heavy atom. The molecule has 5 heteroatoms. The number of amides is 1. The van der Waals surface area contributed by atoms with E-state index < -0.39 is 0 Å². The zero-order valence-corrected chi connectivity index (χ0v) is 11.6. The second-order valence-electron chi connectivity index (χ2n) is 4.36. The third-order valence-corrected chi connectivity index (χ3v) is 2.90. The van der Waals surface area contributed by atoms with Crippen molar-refractivity contribution in [1.29, 1.82) is 0 Å². The van der Waals surface area contributed by atoms with Crippen molar-refractivity contribution in [2.45, 2.75) is 26.3 Å². The normalized spacial score (nSPS) is 10.6. The van der Waals surface area contributed by atoms with Crippen LogP contribution in [0.2, 0.25) is 0 Å². The number of nitrogens with one attached hydrogen (secondary N) is 1. The number of rotatable bonds is 5. The smallest absolute Gasteiger partial charge is 0.225 e. The van der Waals surface area contributed by atoms with Crippen molar-refractivity contribution < 1.29 is 9.18 Å². The van der Waals surface area contributed by atoms with Crippen LogP contribution in [-0.4, -0.2) is 24.9 Å². The van der Waals surface area contributed by atoms with E-state index in [0.29, 0.717) is 11.4 Å². The predicted molar refractivity (Wildman–Crippen MR) is 73.9 cm³/mol. The van der Waals surface area contributed by atoms with Crippen molar-refractivity contribution in [3.63, 3.8) is 0 Å². The maximum Gasteiger partial charge on any atom is 0.225 e. The molecule has 0 atom stereocenters. The predicted octanol–water partition coefficient (Wildman–Crippen LogP) is 3.24. The third kappa shape index (κ3) is 3.88. The Morgan fingerprint density at radius 3 is 2.67 bits per heavy atom. The maximum absolute atomic E-state index is 13.9. The zero-order chi connectivity index (χ0) is 13.7. The van der Waals surface area contributed by atoms with Gasteiger partial charge in [0, 0.05) is 31.1 Å². The maximum atomic E-state index is 13.9. The Kier molecular flexibility index (Phi) is 5.41. The lowest BCUT2D eigenvalue weighted by molar-refractivity contribution is -0.115. The van der Waals surface area contributed by atoms with E-state index in [9.17, 15) is 9.18 Å². The standard InChI is InChI=1S/C13H18ClFN2O/c1-9(2)17(3)12-5-4-10(8-11(12)15)16-13(18)6-7-14/h4-5,8-9H,6-7H2,1-3H3,(H,16,18). The molecule has 0 aliphatic rings. The second-order valence-corrected chi connectivity index (χ2v) is 4.74. The fourth-order valence-electron chi connectivity index (χ4n) is 1.46. The van der Waals surface area contributed by atoms with Crippen LogP contribution in [0.15, 0.2) is 18.2 Å². The van der Waals surface area contributed by atoms with E-state index in [1.807, 2.05) is 25.8 Å². The quantitative estimate of drug-likeness (QED) is 0.835. The van der Waals surface area contributed by atoms with Gasteiger partial charge in [0.15, 0.2) is 0 Å². The van der Waals surface area contributed by atoms with Gasteiger partial charge in [0.05, 0.1) is 5.69 Å². The Bertz CT molecular complexity index is 423. The molecule has 0 spiro atoms. The molecule has 1 N–H and O–H groups in total. The number of hydrogen-bond acceptors (Lipinski definition) is 2. The molecule has 0 saturated heterocycles. The molecule has 0 fully saturated rings. The van der Waals surface area contributed by atoms with Gasteiger partial charge >= 0.3 is 0 Å². The monoisotopic (exact) mass is 272 g/mol. The number of alkyl halides is 1. The van der Waals surface area contributed by atoms with Gasteiger partial charge in [-0.2, -0.15) is 0 Å². The largest absolute Gasteiger partial charge is 0.370 e. The molecule has 18 heavy (non-hydrogen) atoms. The minimum absolute atomic E-state index is 0.205. The first-order chi connectivity index (χ1) is 8.45. The third-order valence-electron chi connectivity index (χ3n) is 2.71. The molecule has 0 heterocycles. The lowest BCUT2D eigenvalue weighted by Gasteiger charge is -2.24. The number of hydrogen-bond donors (Lipinski definition) is 1. The molecule has 1 aromatic carbocycles. The SMILES string of the molecule is CC(C)N(C)c1ccc(NC(=O)CCCl)cc1F. The van der Waals surface area contributed by atoms with Crippen LogP contribution in [0.3, 0.4) is 0 Å². The molecule has 0 saturated carbocycles. The number of anilines is 2. The fraction of sp³-hybridized carbons (Fsp3) is 0.462. The molecule has 0 radical (unpaired) electrons. The minimum atomic E-state index is -0.352. The zero-order valence-electron chi connectivity index (χ0n) is 10.8. The topological polar surface area (TPSA) is 32.3 Å². The summed E-state index contributed by atoms with van der Waals surface area (Å²) < 4.78 is 13.9. The second kappa shape index (κ2) is 6.59. The summed E-state index contributed by atoms with van der Waals surface area (Å²) in [5, 5.41) is 2.60. The van der Waals surface area contributed by atoms with Crippen LogP contribution in [0.25, 0.3) is 0 Å². The van der Waals surface area contributed by atoms with Crippen LogP contribution in [-0.2, 0) is 4.79 Å². The van der Waals surface area contributed by atoms with Crippen LogP contribution in [0.1, 0.15) is 20.3 Å². The van der Waals surface area contributed by atoms with Crippen LogP contribution in [0.5, 0.6) is 0 Å². The summed E-state index contributed by atoms with van der Waals surface area (Å²) in [6.45, 7) is 3.96. The number of carbonyl (C=O) groups is 1. The van der Waals surface area contributed by atoms with Gasteiger partial charge in [0.1, 0.15) is 5.82 Å². The lowest BCUT2D eigenvalue weighted by atomic mass is 10.2. The van der Waals surface area contributed by atoms with E-state index >= 15 is 0 Å². The highest BCUT2D eigenvalue weighted by Crippen LogP contribution is 2.23. The first-order valence-electron chi connectivity index (χ1n) is 5.84. The molecule has 1 amide bonds. The highest BCUT2D eigenvalue weighted by atomic mass is 35.5. The van der Waals surface area contributed by atoms with E-state index in [1.54, 1.807) is 12.1 Å². The Hall–Kier alpha value is -1.29. The first-order valence-corrected chi connectivity index (χ1v) is 6.37.